The fourth-order valence-electron chi connectivity index (χ4n) is 2.82. The summed E-state index contributed by atoms with van der Waals surface area (Å²) in [6, 6.07) is 4.61. The van der Waals surface area contributed by atoms with E-state index in [0.717, 1.165) is 24.8 Å². The van der Waals surface area contributed by atoms with Crippen LogP contribution in [0, 0.1) is 11.7 Å². The van der Waals surface area contributed by atoms with E-state index in [-0.39, 0.29) is 5.82 Å². The van der Waals surface area contributed by atoms with Gasteiger partial charge in [-0.25, -0.2) is 4.39 Å². The Morgan fingerprint density at radius 1 is 1.41 bits per heavy atom. The van der Waals surface area contributed by atoms with Crippen molar-refractivity contribution in [2.45, 2.75) is 38.1 Å². The fraction of sp³-hybridized carbons (Fsp3) is 0.571. The molecule has 17 heavy (non-hydrogen) atoms. The molecule has 0 amide bonds. The smallest absolute Gasteiger partial charge is 0.124 e. The van der Waals surface area contributed by atoms with Gasteiger partial charge in [0.2, 0.25) is 0 Å². The van der Waals surface area contributed by atoms with Gasteiger partial charge >= 0.3 is 0 Å². The monoisotopic (exact) mass is 237 g/mol. The van der Waals surface area contributed by atoms with Gasteiger partial charge in [-0.2, -0.15) is 0 Å². The molecule has 3 heteroatoms. The van der Waals surface area contributed by atoms with Crippen LogP contribution >= 0.6 is 0 Å². The molecule has 1 aromatic carbocycles. The van der Waals surface area contributed by atoms with E-state index in [9.17, 15) is 4.39 Å². The maximum absolute atomic E-state index is 13.4. The highest BCUT2D eigenvalue weighted by atomic mass is 19.1. The highest BCUT2D eigenvalue weighted by molar-refractivity contribution is 5.40. The van der Waals surface area contributed by atoms with Crippen LogP contribution in [-0.2, 0) is 5.54 Å². The van der Waals surface area contributed by atoms with E-state index in [4.69, 9.17) is 10.5 Å². The number of halogens is 1. The molecule has 2 atom stereocenters. The third-order valence-electron chi connectivity index (χ3n) is 4.02. The molecule has 2 nitrogen and oxygen atoms in total. The van der Waals surface area contributed by atoms with Crippen LogP contribution in [0.3, 0.4) is 0 Å². The van der Waals surface area contributed by atoms with Crippen LogP contribution in [0.15, 0.2) is 18.2 Å². The van der Waals surface area contributed by atoms with Crippen LogP contribution in [0.25, 0.3) is 0 Å². The topological polar surface area (TPSA) is 35.2 Å². The van der Waals surface area contributed by atoms with Crippen LogP contribution in [-0.4, -0.2) is 7.11 Å². The normalized spacial score (nSPS) is 29.1. The summed E-state index contributed by atoms with van der Waals surface area (Å²) in [6.45, 7) is 2.14. The summed E-state index contributed by atoms with van der Waals surface area (Å²) in [5.41, 5.74) is 6.88. The number of methoxy groups -OCH3 is 1. The number of ether oxygens (including phenoxy) is 1. The molecule has 1 aromatic rings. The number of nitrogens with two attached hydrogens (primary N) is 1. The predicted molar refractivity (Wildman–Crippen MR) is 66.4 cm³/mol. The number of hydrogen-bond acceptors (Lipinski definition) is 2. The van der Waals surface area contributed by atoms with Crippen molar-refractivity contribution in [3.8, 4) is 5.75 Å². The Labute approximate surface area is 102 Å². The zero-order chi connectivity index (χ0) is 12.5. The second-order valence-electron chi connectivity index (χ2n) is 5.03. The summed E-state index contributed by atoms with van der Waals surface area (Å²) in [6.07, 6.45) is 4.29. The van der Waals surface area contributed by atoms with E-state index >= 15 is 0 Å². The quantitative estimate of drug-likeness (QED) is 0.857. The van der Waals surface area contributed by atoms with E-state index in [0.29, 0.717) is 11.7 Å². The predicted octanol–water partition coefficient (Wildman–Crippen LogP) is 3.20. The zero-order valence-corrected chi connectivity index (χ0v) is 10.5. The van der Waals surface area contributed by atoms with Crippen molar-refractivity contribution in [1.29, 1.82) is 0 Å². The standard InChI is InChI=1S/C14H20FNO/c1-10-5-3-4-8-14(10,16)12-9-11(15)6-7-13(12)17-2/h6-7,9-10H,3-5,8,16H2,1-2H3. The minimum Gasteiger partial charge on any atom is -0.496 e. The minimum atomic E-state index is -0.453. The molecule has 0 aromatic heterocycles. The second-order valence-corrected chi connectivity index (χ2v) is 5.03. The summed E-state index contributed by atoms with van der Waals surface area (Å²) in [4.78, 5) is 0. The molecule has 0 radical (unpaired) electrons. The molecule has 0 bridgehead atoms. The van der Waals surface area contributed by atoms with Crippen molar-refractivity contribution in [3.05, 3.63) is 29.6 Å². The van der Waals surface area contributed by atoms with E-state index < -0.39 is 5.54 Å². The zero-order valence-electron chi connectivity index (χ0n) is 10.5. The van der Waals surface area contributed by atoms with Gasteiger partial charge < -0.3 is 10.5 Å². The highest BCUT2D eigenvalue weighted by Gasteiger charge is 2.38. The molecule has 0 saturated heterocycles. The Kier molecular flexibility index (Phi) is 3.38. The Morgan fingerprint density at radius 2 is 2.18 bits per heavy atom. The molecular weight excluding hydrogens is 217 g/mol. The fourth-order valence-corrected chi connectivity index (χ4v) is 2.82. The van der Waals surface area contributed by atoms with Crippen molar-refractivity contribution in [2.24, 2.45) is 11.7 Å². The lowest BCUT2D eigenvalue weighted by Gasteiger charge is -2.40. The Morgan fingerprint density at radius 3 is 2.82 bits per heavy atom. The van der Waals surface area contributed by atoms with Gasteiger partial charge in [-0.1, -0.05) is 19.8 Å². The molecule has 2 rings (SSSR count). The first kappa shape index (κ1) is 12.4. The third-order valence-corrected chi connectivity index (χ3v) is 4.02. The lowest BCUT2D eigenvalue weighted by atomic mass is 9.70. The van der Waals surface area contributed by atoms with Crippen molar-refractivity contribution < 1.29 is 9.13 Å². The van der Waals surface area contributed by atoms with Crippen LogP contribution in [0.1, 0.15) is 38.2 Å². The summed E-state index contributed by atoms with van der Waals surface area (Å²) in [7, 11) is 1.60. The summed E-state index contributed by atoms with van der Waals surface area (Å²) in [5, 5.41) is 0. The van der Waals surface area contributed by atoms with Gasteiger partial charge in [-0.3, -0.25) is 0 Å². The maximum atomic E-state index is 13.4. The molecule has 0 heterocycles. The lowest BCUT2D eigenvalue weighted by Crippen LogP contribution is -2.45. The largest absolute Gasteiger partial charge is 0.496 e. The van der Waals surface area contributed by atoms with Crippen LogP contribution in [0.2, 0.25) is 0 Å². The first-order chi connectivity index (χ1) is 8.08. The Hall–Kier alpha value is -1.09. The maximum Gasteiger partial charge on any atom is 0.124 e. The summed E-state index contributed by atoms with van der Waals surface area (Å²) >= 11 is 0. The van der Waals surface area contributed by atoms with E-state index in [1.165, 1.54) is 18.6 Å². The van der Waals surface area contributed by atoms with Gasteiger partial charge in [0.05, 0.1) is 7.11 Å². The van der Waals surface area contributed by atoms with Crippen molar-refractivity contribution in [1.82, 2.24) is 0 Å². The van der Waals surface area contributed by atoms with Crippen molar-refractivity contribution in [3.63, 3.8) is 0 Å². The third kappa shape index (κ3) is 2.16. The Bertz CT molecular complexity index is 407. The molecule has 1 aliphatic rings. The van der Waals surface area contributed by atoms with Gasteiger partial charge in [-0.15, -0.1) is 0 Å². The molecule has 94 valence electrons. The van der Waals surface area contributed by atoms with Crippen LogP contribution < -0.4 is 10.5 Å². The van der Waals surface area contributed by atoms with Gasteiger partial charge in [-0.05, 0) is 37.0 Å². The van der Waals surface area contributed by atoms with Crippen molar-refractivity contribution >= 4 is 0 Å². The van der Waals surface area contributed by atoms with Gasteiger partial charge in [0, 0.05) is 11.1 Å². The molecule has 0 aliphatic heterocycles. The van der Waals surface area contributed by atoms with E-state index in [1.54, 1.807) is 13.2 Å². The van der Waals surface area contributed by atoms with E-state index in [1.807, 2.05) is 0 Å². The molecule has 2 N–H and O–H groups in total. The summed E-state index contributed by atoms with van der Waals surface area (Å²) < 4.78 is 18.7. The lowest BCUT2D eigenvalue weighted by molar-refractivity contribution is 0.200. The second kappa shape index (κ2) is 4.65. The van der Waals surface area contributed by atoms with Crippen LogP contribution in [0.4, 0.5) is 4.39 Å². The number of benzene rings is 1. The molecule has 1 fully saturated rings. The Balaban J connectivity index is 2.46. The SMILES string of the molecule is COc1ccc(F)cc1C1(N)CCCCC1C. The molecule has 0 spiro atoms. The number of rotatable bonds is 2. The highest BCUT2D eigenvalue weighted by Crippen LogP contribution is 2.43. The average molecular weight is 237 g/mol. The molecule has 1 saturated carbocycles. The molecular formula is C14H20FNO. The first-order valence-corrected chi connectivity index (χ1v) is 6.21. The minimum absolute atomic E-state index is 0.247. The van der Waals surface area contributed by atoms with Gasteiger partial charge in [0.15, 0.2) is 0 Å². The first-order valence-electron chi connectivity index (χ1n) is 6.21. The van der Waals surface area contributed by atoms with Gasteiger partial charge in [0.25, 0.3) is 0 Å². The molecule has 2 unspecified atom stereocenters. The van der Waals surface area contributed by atoms with Crippen molar-refractivity contribution in [2.75, 3.05) is 7.11 Å². The van der Waals surface area contributed by atoms with Crippen LogP contribution in [0.5, 0.6) is 5.75 Å². The average Bonchev–Trinajstić information content (AvgIpc) is 2.33. The molecule has 1 aliphatic carbocycles. The van der Waals surface area contributed by atoms with Gasteiger partial charge in [0.1, 0.15) is 11.6 Å². The summed E-state index contributed by atoms with van der Waals surface area (Å²) in [5.74, 6) is 0.804. The number of hydrogen-bond donors (Lipinski definition) is 1. The van der Waals surface area contributed by atoms with E-state index in [2.05, 4.69) is 6.92 Å².